The van der Waals surface area contributed by atoms with E-state index in [2.05, 4.69) is 20.3 Å². The van der Waals surface area contributed by atoms with Gasteiger partial charge in [-0.05, 0) is 5.56 Å². The highest BCUT2D eigenvalue weighted by Gasteiger charge is 2.49. The average Bonchev–Trinajstić information content (AvgIpc) is 3.30. The van der Waals surface area contributed by atoms with Crippen molar-refractivity contribution in [2.75, 3.05) is 5.73 Å². The monoisotopic (exact) mass is 413 g/mol. The molecular formula is C18H19N7O5. The number of ether oxygens (including phenoxy) is 1. The SMILES string of the molecule is Nc1ncnc2c1ncn2C1OC(C(=O)O)C(NC(=O)C(N)c2ccccc2)C1O. The number of benzene rings is 1. The summed E-state index contributed by atoms with van der Waals surface area (Å²) in [6, 6.07) is 6.27. The summed E-state index contributed by atoms with van der Waals surface area (Å²) in [5, 5.41) is 22.9. The third-order valence-corrected chi connectivity index (χ3v) is 4.93. The van der Waals surface area contributed by atoms with Gasteiger partial charge in [-0.3, -0.25) is 9.36 Å². The lowest BCUT2D eigenvalue weighted by Gasteiger charge is -2.22. The molecule has 2 aromatic heterocycles. The van der Waals surface area contributed by atoms with Crippen LogP contribution in [0.5, 0.6) is 0 Å². The van der Waals surface area contributed by atoms with E-state index in [4.69, 9.17) is 16.2 Å². The van der Waals surface area contributed by atoms with E-state index < -0.39 is 42.4 Å². The lowest BCUT2D eigenvalue weighted by molar-refractivity contribution is -0.152. The predicted octanol–water partition coefficient (Wildman–Crippen LogP) is -1.06. The van der Waals surface area contributed by atoms with Gasteiger partial charge in [0.15, 0.2) is 23.8 Å². The zero-order valence-electron chi connectivity index (χ0n) is 15.5. The molecule has 1 saturated heterocycles. The maximum atomic E-state index is 12.6. The van der Waals surface area contributed by atoms with E-state index in [1.54, 1.807) is 30.3 Å². The molecule has 1 fully saturated rings. The second-order valence-corrected chi connectivity index (χ2v) is 6.78. The van der Waals surface area contributed by atoms with E-state index in [1.165, 1.54) is 17.2 Å². The Balaban J connectivity index is 1.60. The van der Waals surface area contributed by atoms with Crippen LogP contribution in [0, 0.1) is 0 Å². The highest BCUT2D eigenvalue weighted by atomic mass is 16.6. The minimum absolute atomic E-state index is 0.125. The molecule has 1 aliphatic heterocycles. The van der Waals surface area contributed by atoms with Crippen LogP contribution in [0.4, 0.5) is 5.82 Å². The maximum Gasteiger partial charge on any atom is 0.335 e. The average molecular weight is 413 g/mol. The minimum atomic E-state index is -1.52. The number of fused-ring (bicyclic) bond motifs is 1. The van der Waals surface area contributed by atoms with Crippen molar-refractivity contribution in [2.45, 2.75) is 30.5 Å². The molecule has 1 amide bonds. The number of carboxylic acid groups (broad SMARTS) is 1. The molecule has 0 radical (unpaired) electrons. The molecule has 1 aliphatic rings. The van der Waals surface area contributed by atoms with Gasteiger partial charge >= 0.3 is 5.97 Å². The Kier molecular flexibility index (Phi) is 5.03. The molecule has 4 rings (SSSR count). The Labute approximate surface area is 169 Å². The number of hydrogen-bond acceptors (Lipinski definition) is 9. The maximum absolute atomic E-state index is 12.6. The molecule has 1 aromatic carbocycles. The summed E-state index contributed by atoms with van der Waals surface area (Å²) in [5.41, 5.74) is 12.8. The number of nitrogen functional groups attached to an aromatic ring is 1. The number of carbonyl (C=O) groups is 2. The highest BCUT2D eigenvalue weighted by molar-refractivity contribution is 5.85. The lowest BCUT2D eigenvalue weighted by atomic mass is 10.0. The third-order valence-electron chi connectivity index (χ3n) is 4.93. The van der Waals surface area contributed by atoms with E-state index >= 15 is 0 Å². The molecule has 0 spiro atoms. The second-order valence-electron chi connectivity index (χ2n) is 6.78. The number of nitrogens with one attached hydrogen (secondary N) is 1. The van der Waals surface area contributed by atoms with E-state index in [-0.39, 0.29) is 17.0 Å². The molecule has 0 aliphatic carbocycles. The van der Waals surface area contributed by atoms with Gasteiger partial charge in [0.1, 0.15) is 24.0 Å². The summed E-state index contributed by atoms with van der Waals surface area (Å²) < 4.78 is 6.89. The number of aliphatic hydroxyl groups excluding tert-OH is 1. The van der Waals surface area contributed by atoms with E-state index in [1.807, 2.05) is 0 Å². The van der Waals surface area contributed by atoms with Gasteiger partial charge in [-0.2, -0.15) is 0 Å². The first kappa shape index (κ1) is 19.7. The van der Waals surface area contributed by atoms with E-state index in [0.717, 1.165) is 0 Å². The number of carboxylic acids is 1. The van der Waals surface area contributed by atoms with Crippen LogP contribution in [-0.2, 0) is 14.3 Å². The summed E-state index contributed by atoms with van der Waals surface area (Å²) in [7, 11) is 0. The van der Waals surface area contributed by atoms with Crippen molar-refractivity contribution in [3.63, 3.8) is 0 Å². The summed E-state index contributed by atoms with van der Waals surface area (Å²) in [5.74, 6) is -1.88. The first-order valence-corrected chi connectivity index (χ1v) is 8.98. The first-order valence-electron chi connectivity index (χ1n) is 8.98. The number of nitrogens with two attached hydrogens (primary N) is 2. The Morgan fingerprint density at radius 3 is 2.63 bits per heavy atom. The lowest BCUT2D eigenvalue weighted by Crippen LogP contribution is -2.51. The van der Waals surface area contributed by atoms with Gasteiger partial charge in [-0.1, -0.05) is 30.3 Å². The van der Waals surface area contributed by atoms with Crippen LogP contribution in [0.2, 0.25) is 0 Å². The molecule has 0 bridgehead atoms. The summed E-state index contributed by atoms with van der Waals surface area (Å²) >= 11 is 0. The smallest absolute Gasteiger partial charge is 0.335 e. The van der Waals surface area contributed by atoms with Crippen LogP contribution >= 0.6 is 0 Å². The Morgan fingerprint density at radius 1 is 1.20 bits per heavy atom. The van der Waals surface area contributed by atoms with Crippen molar-refractivity contribution >= 4 is 28.9 Å². The summed E-state index contributed by atoms with van der Waals surface area (Å²) in [4.78, 5) is 36.3. The number of aromatic nitrogens is 4. The normalized spacial score (nSPS) is 24.6. The van der Waals surface area contributed by atoms with Crippen molar-refractivity contribution < 1.29 is 24.5 Å². The minimum Gasteiger partial charge on any atom is -0.479 e. The fraction of sp³-hybridized carbons (Fsp3) is 0.278. The van der Waals surface area contributed by atoms with Crippen molar-refractivity contribution in [2.24, 2.45) is 5.73 Å². The molecule has 7 N–H and O–H groups in total. The van der Waals surface area contributed by atoms with Crippen LogP contribution in [0.3, 0.4) is 0 Å². The van der Waals surface area contributed by atoms with Gasteiger partial charge < -0.3 is 31.7 Å². The molecule has 5 unspecified atom stereocenters. The number of aliphatic carboxylic acids is 1. The number of aliphatic hydroxyl groups is 1. The third kappa shape index (κ3) is 3.32. The van der Waals surface area contributed by atoms with Crippen molar-refractivity contribution in [1.29, 1.82) is 0 Å². The fourth-order valence-electron chi connectivity index (χ4n) is 3.40. The molecule has 3 heterocycles. The van der Waals surface area contributed by atoms with Crippen LogP contribution in [0.1, 0.15) is 17.8 Å². The highest BCUT2D eigenvalue weighted by Crippen LogP contribution is 2.32. The van der Waals surface area contributed by atoms with Crippen LogP contribution in [-0.4, -0.2) is 59.9 Å². The summed E-state index contributed by atoms with van der Waals surface area (Å²) in [6.45, 7) is 0. The standard InChI is InChI=1S/C18H19N7O5/c19-9(8-4-2-1-3-5-8)16(27)24-10-12(26)17(30-13(10)18(28)29)25-7-23-11-14(20)21-6-22-15(11)25/h1-7,9-10,12-13,17,26H,19H2,(H,24,27)(H,28,29)(H2,20,21,22). The zero-order valence-corrected chi connectivity index (χ0v) is 15.5. The largest absolute Gasteiger partial charge is 0.479 e. The number of imidazole rings is 1. The van der Waals surface area contributed by atoms with Crippen molar-refractivity contribution in [1.82, 2.24) is 24.8 Å². The van der Waals surface area contributed by atoms with Crippen molar-refractivity contribution in [3.05, 3.63) is 48.5 Å². The molecule has 12 nitrogen and oxygen atoms in total. The number of rotatable bonds is 5. The van der Waals surface area contributed by atoms with Crippen LogP contribution in [0.15, 0.2) is 43.0 Å². The molecule has 0 saturated carbocycles. The molecule has 30 heavy (non-hydrogen) atoms. The number of amides is 1. The van der Waals surface area contributed by atoms with Gasteiger partial charge in [0.25, 0.3) is 0 Å². The van der Waals surface area contributed by atoms with Gasteiger partial charge in [0.05, 0.1) is 12.4 Å². The van der Waals surface area contributed by atoms with Crippen LogP contribution < -0.4 is 16.8 Å². The van der Waals surface area contributed by atoms with E-state index in [9.17, 15) is 19.8 Å². The molecular weight excluding hydrogens is 394 g/mol. The van der Waals surface area contributed by atoms with Gasteiger partial charge in [0.2, 0.25) is 5.91 Å². The number of nitrogens with zero attached hydrogens (tertiary/aromatic N) is 4. The number of hydrogen-bond donors (Lipinski definition) is 5. The quantitative estimate of drug-likeness (QED) is 0.344. The Bertz CT molecular complexity index is 1090. The Hall–Kier alpha value is -3.61. The van der Waals surface area contributed by atoms with Crippen molar-refractivity contribution in [3.8, 4) is 0 Å². The summed E-state index contributed by atoms with van der Waals surface area (Å²) in [6.07, 6.45) is -1.60. The van der Waals surface area contributed by atoms with Gasteiger partial charge in [-0.25, -0.2) is 19.7 Å². The Morgan fingerprint density at radius 2 is 1.93 bits per heavy atom. The first-order chi connectivity index (χ1) is 14.4. The molecule has 156 valence electrons. The molecule has 5 atom stereocenters. The van der Waals surface area contributed by atoms with E-state index in [0.29, 0.717) is 5.56 Å². The number of anilines is 1. The zero-order chi connectivity index (χ0) is 21.4. The fourth-order valence-corrected chi connectivity index (χ4v) is 3.40. The predicted molar refractivity (Wildman–Crippen MR) is 103 cm³/mol. The van der Waals surface area contributed by atoms with Gasteiger partial charge in [-0.15, -0.1) is 0 Å². The molecule has 12 heteroatoms. The topological polar surface area (TPSA) is 192 Å². The second kappa shape index (κ2) is 7.67. The van der Waals surface area contributed by atoms with Gasteiger partial charge in [0, 0.05) is 0 Å². The molecule has 3 aromatic rings. The van der Waals surface area contributed by atoms with Crippen LogP contribution in [0.25, 0.3) is 11.2 Å². The number of carbonyl (C=O) groups excluding carboxylic acids is 1.